The Balaban J connectivity index is 2.02. The van der Waals surface area contributed by atoms with Gasteiger partial charge in [0.1, 0.15) is 0 Å². The minimum Gasteiger partial charge on any atom is -0.503 e. The molecular weight excluding hydrogens is 334 g/mol. The molecule has 2 amide bonds. The molecule has 2 aromatic rings. The van der Waals surface area contributed by atoms with Crippen molar-refractivity contribution in [2.75, 3.05) is 6.61 Å². The maximum atomic E-state index is 12.3. The van der Waals surface area contributed by atoms with Gasteiger partial charge in [0.2, 0.25) is 5.91 Å². The molecule has 0 aliphatic carbocycles. The second-order valence-electron chi connectivity index (χ2n) is 6.33. The topological polar surface area (TPSA) is 115 Å². The van der Waals surface area contributed by atoms with Crippen molar-refractivity contribution >= 4 is 11.8 Å². The van der Waals surface area contributed by atoms with Crippen molar-refractivity contribution in [3.05, 3.63) is 53.9 Å². The first kappa shape index (κ1) is 19.4. The number of amides is 2. The van der Waals surface area contributed by atoms with Gasteiger partial charge in [0.15, 0.2) is 17.2 Å². The van der Waals surface area contributed by atoms with E-state index >= 15 is 0 Å². The third-order valence-corrected chi connectivity index (χ3v) is 3.55. The van der Waals surface area contributed by atoms with Crippen LogP contribution in [0.3, 0.4) is 0 Å². The van der Waals surface area contributed by atoms with E-state index in [1.54, 1.807) is 0 Å². The lowest BCUT2D eigenvalue weighted by Crippen LogP contribution is -2.44. The van der Waals surface area contributed by atoms with Gasteiger partial charge in [-0.3, -0.25) is 14.9 Å². The third-order valence-electron chi connectivity index (χ3n) is 3.55. The summed E-state index contributed by atoms with van der Waals surface area (Å²) >= 11 is 0. The Bertz CT molecular complexity index is 763. The van der Waals surface area contributed by atoms with E-state index in [2.05, 4.69) is 10.3 Å². The average molecular weight is 357 g/mol. The molecule has 0 fully saturated rings. The lowest BCUT2D eigenvalue weighted by molar-refractivity contribution is -0.121. The summed E-state index contributed by atoms with van der Waals surface area (Å²) in [6.45, 7) is 4.29. The highest BCUT2D eigenvalue weighted by atomic mass is 16.5. The molecule has 1 atom stereocenters. The smallest absolute Gasteiger partial charge is 0.280 e. The van der Waals surface area contributed by atoms with E-state index in [4.69, 9.17) is 10.5 Å². The summed E-state index contributed by atoms with van der Waals surface area (Å²) in [5.74, 6) is -1.49. The Morgan fingerprint density at radius 3 is 2.58 bits per heavy atom. The van der Waals surface area contributed by atoms with Crippen LogP contribution in [-0.2, 0) is 11.2 Å². The van der Waals surface area contributed by atoms with Crippen molar-refractivity contribution < 1.29 is 19.4 Å². The molecule has 2 rings (SSSR count). The van der Waals surface area contributed by atoms with Crippen molar-refractivity contribution in [2.45, 2.75) is 26.3 Å². The number of hydrogen-bond donors (Lipinski definition) is 3. The molecule has 0 radical (unpaired) electrons. The molecule has 0 spiro atoms. The number of rotatable bonds is 7. The minimum atomic E-state index is -0.899. The van der Waals surface area contributed by atoms with Crippen LogP contribution in [0, 0.1) is 5.92 Å². The van der Waals surface area contributed by atoms with Crippen LogP contribution in [0.4, 0.5) is 0 Å². The monoisotopic (exact) mass is 357 g/mol. The summed E-state index contributed by atoms with van der Waals surface area (Å²) in [4.78, 5) is 28.2. The zero-order valence-corrected chi connectivity index (χ0v) is 14.8. The van der Waals surface area contributed by atoms with Crippen molar-refractivity contribution in [3.63, 3.8) is 0 Å². The summed E-state index contributed by atoms with van der Waals surface area (Å²) < 4.78 is 5.44. The number of carbonyl (C=O) groups is 2. The van der Waals surface area contributed by atoms with Crippen molar-refractivity contribution in [3.8, 4) is 11.5 Å². The lowest BCUT2D eigenvalue weighted by Gasteiger charge is -2.13. The van der Waals surface area contributed by atoms with Gasteiger partial charge < -0.3 is 15.6 Å². The number of ether oxygens (including phenoxy) is 1. The summed E-state index contributed by atoms with van der Waals surface area (Å²) in [6, 6.07) is 9.80. The van der Waals surface area contributed by atoms with E-state index in [1.165, 1.54) is 12.3 Å². The Labute approximate surface area is 152 Å². The van der Waals surface area contributed by atoms with Gasteiger partial charge in [0.05, 0.1) is 12.6 Å². The van der Waals surface area contributed by atoms with Crippen molar-refractivity contribution in [1.29, 1.82) is 0 Å². The first-order valence-electron chi connectivity index (χ1n) is 8.34. The molecule has 0 saturated carbocycles. The van der Waals surface area contributed by atoms with Crippen molar-refractivity contribution in [1.82, 2.24) is 10.3 Å². The molecule has 1 aromatic heterocycles. The zero-order valence-electron chi connectivity index (χ0n) is 14.8. The van der Waals surface area contributed by atoms with Gasteiger partial charge in [-0.25, -0.2) is 4.98 Å². The molecule has 7 heteroatoms. The van der Waals surface area contributed by atoms with E-state index in [-0.39, 0.29) is 23.8 Å². The molecule has 0 unspecified atom stereocenters. The standard InChI is InChI=1S/C19H23N3O4/c1-12(2)11-26-15-8-9-21-16(17(15)23)19(25)22-18(24)14(20)10-13-6-4-3-5-7-13/h3-9,12,14,23H,10-11,20H2,1-2H3,(H,22,24,25)/t14-/m1/s1. The molecule has 0 aliphatic heterocycles. The van der Waals surface area contributed by atoms with Crippen LogP contribution in [0.5, 0.6) is 11.5 Å². The molecule has 0 saturated heterocycles. The quantitative estimate of drug-likeness (QED) is 0.694. The molecule has 0 aliphatic rings. The molecule has 4 N–H and O–H groups in total. The fraction of sp³-hybridized carbons (Fsp3) is 0.316. The van der Waals surface area contributed by atoms with E-state index < -0.39 is 23.6 Å². The number of hydrogen-bond acceptors (Lipinski definition) is 6. The van der Waals surface area contributed by atoms with Crippen LogP contribution in [-0.4, -0.2) is 34.6 Å². The summed E-state index contributed by atoms with van der Waals surface area (Å²) in [7, 11) is 0. The fourth-order valence-electron chi connectivity index (χ4n) is 2.20. The number of benzene rings is 1. The molecule has 1 heterocycles. The van der Waals surface area contributed by atoms with Gasteiger partial charge in [-0.15, -0.1) is 0 Å². The number of aromatic hydroxyl groups is 1. The predicted molar refractivity (Wildman–Crippen MR) is 96.8 cm³/mol. The first-order valence-corrected chi connectivity index (χ1v) is 8.34. The number of aromatic nitrogens is 1. The minimum absolute atomic E-state index is 0.139. The SMILES string of the molecule is CC(C)COc1ccnc(C(=O)NC(=O)[C@H](N)Cc2ccccc2)c1O. The van der Waals surface area contributed by atoms with E-state index in [0.29, 0.717) is 6.61 Å². The number of nitrogens with zero attached hydrogens (tertiary/aromatic N) is 1. The highest BCUT2D eigenvalue weighted by molar-refractivity contribution is 6.06. The van der Waals surface area contributed by atoms with Gasteiger partial charge in [-0.2, -0.15) is 0 Å². The average Bonchev–Trinajstić information content (AvgIpc) is 2.61. The summed E-state index contributed by atoms with van der Waals surface area (Å²) in [5, 5.41) is 12.3. The largest absolute Gasteiger partial charge is 0.503 e. The molecule has 138 valence electrons. The van der Waals surface area contributed by atoms with Crippen LogP contribution < -0.4 is 15.8 Å². The summed E-state index contributed by atoms with van der Waals surface area (Å²) in [5.41, 5.74) is 6.45. The second kappa shape index (κ2) is 8.96. The number of pyridine rings is 1. The van der Waals surface area contributed by atoms with Crippen molar-refractivity contribution in [2.24, 2.45) is 11.7 Å². The van der Waals surface area contributed by atoms with Crippen LogP contribution in [0.2, 0.25) is 0 Å². The zero-order chi connectivity index (χ0) is 19.1. The third kappa shape index (κ3) is 5.29. The normalized spacial score (nSPS) is 11.8. The lowest BCUT2D eigenvalue weighted by atomic mass is 10.1. The number of nitrogens with two attached hydrogens (primary N) is 1. The van der Waals surface area contributed by atoms with Gasteiger partial charge in [-0.05, 0) is 17.9 Å². The maximum absolute atomic E-state index is 12.3. The second-order valence-corrected chi connectivity index (χ2v) is 6.33. The van der Waals surface area contributed by atoms with Crippen LogP contribution in [0.15, 0.2) is 42.6 Å². The van der Waals surface area contributed by atoms with Crippen LogP contribution >= 0.6 is 0 Å². The van der Waals surface area contributed by atoms with E-state index in [9.17, 15) is 14.7 Å². The molecule has 1 aromatic carbocycles. The van der Waals surface area contributed by atoms with Gasteiger partial charge in [0.25, 0.3) is 5.91 Å². The number of carbonyl (C=O) groups excluding carboxylic acids is 2. The highest BCUT2D eigenvalue weighted by Gasteiger charge is 2.22. The Morgan fingerprint density at radius 2 is 1.92 bits per heavy atom. The Kier molecular flexibility index (Phi) is 6.68. The number of nitrogens with one attached hydrogen (secondary N) is 1. The Morgan fingerprint density at radius 1 is 1.23 bits per heavy atom. The molecule has 7 nitrogen and oxygen atoms in total. The predicted octanol–water partition coefficient (Wildman–Crippen LogP) is 1.65. The van der Waals surface area contributed by atoms with Gasteiger partial charge >= 0.3 is 0 Å². The highest BCUT2D eigenvalue weighted by Crippen LogP contribution is 2.28. The van der Waals surface area contributed by atoms with Gasteiger partial charge in [-0.1, -0.05) is 44.2 Å². The van der Waals surface area contributed by atoms with Gasteiger partial charge in [0, 0.05) is 12.3 Å². The number of imide groups is 1. The van der Waals surface area contributed by atoms with Crippen LogP contribution in [0.1, 0.15) is 29.9 Å². The van der Waals surface area contributed by atoms with E-state index in [0.717, 1.165) is 5.56 Å². The molecular formula is C19H23N3O4. The van der Waals surface area contributed by atoms with E-state index in [1.807, 2.05) is 44.2 Å². The first-order chi connectivity index (χ1) is 12.4. The fourth-order valence-corrected chi connectivity index (χ4v) is 2.20. The Hall–Kier alpha value is -2.93. The maximum Gasteiger partial charge on any atom is 0.280 e. The molecule has 26 heavy (non-hydrogen) atoms. The van der Waals surface area contributed by atoms with Crippen LogP contribution in [0.25, 0.3) is 0 Å². The summed E-state index contributed by atoms with van der Waals surface area (Å²) in [6.07, 6.45) is 1.62. The molecule has 0 bridgehead atoms.